The number of rotatable bonds is 12. The normalized spacial score (nSPS) is 15.1. The molecule has 15 heteroatoms. The van der Waals surface area contributed by atoms with E-state index in [1.54, 1.807) is 15.6 Å². The van der Waals surface area contributed by atoms with E-state index in [0.717, 1.165) is 44.7 Å². The average molecular weight is 809 g/mol. The molecule has 1 aliphatic rings. The van der Waals surface area contributed by atoms with Crippen molar-refractivity contribution in [2.75, 3.05) is 20.3 Å². The smallest absolute Gasteiger partial charge is 0.475 e. The van der Waals surface area contributed by atoms with Gasteiger partial charge in [0.1, 0.15) is 13.2 Å². The summed E-state index contributed by atoms with van der Waals surface area (Å²) in [5.41, 5.74) is 5.56. The summed E-state index contributed by atoms with van der Waals surface area (Å²) in [7, 11) is 2.76. The Hall–Kier alpha value is -2.78. The maximum absolute atomic E-state index is 11.8. The Balaban J connectivity index is 0.00000157. The Labute approximate surface area is 305 Å². The summed E-state index contributed by atoms with van der Waals surface area (Å²) in [5, 5.41) is 14.8. The van der Waals surface area contributed by atoms with Gasteiger partial charge >= 0.3 is 13.1 Å². The van der Waals surface area contributed by atoms with Crippen molar-refractivity contribution in [3.63, 3.8) is 0 Å². The highest BCUT2D eigenvalue weighted by Gasteiger charge is 2.50. The molecule has 0 bridgehead atoms. The molecular formula is C34H51BIN6O6P. The van der Waals surface area contributed by atoms with Crippen LogP contribution in [0, 0.1) is 13.8 Å². The minimum atomic E-state index is -0.456. The van der Waals surface area contributed by atoms with E-state index in [0.29, 0.717) is 32.1 Å². The number of carbonyl (C=O) groups is 1. The van der Waals surface area contributed by atoms with Crippen molar-refractivity contribution >= 4 is 58.5 Å². The molecule has 1 aliphatic heterocycles. The van der Waals surface area contributed by atoms with Gasteiger partial charge in [0, 0.05) is 12.4 Å². The van der Waals surface area contributed by atoms with Crippen molar-refractivity contribution in [1.29, 1.82) is 0 Å². The van der Waals surface area contributed by atoms with Crippen LogP contribution in [0.15, 0.2) is 30.4 Å². The van der Waals surface area contributed by atoms with Gasteiger partial charge in [0.2, 0.25) is 5.88 Å². The van der Waals surface area contributed by atoms with Crippen molar-refractivity contribution in [2.45, 2.75) is 93.6 Å². The van der Waals surface area contributed by atoms with Crippen LogP contribution in [0.4, 0.5) is 0 Å². The molecule has 4 aromatic rings. The molecule has 0 saturated carbocycles. The highest BCUT2D eigenvalue weighted by Crippen LogP contribution is 2.38. The monoisotopic (exact) mass is 808 g/mol. The van der Waals surface area contributed by atoms with Gasteiger partial charge in [0.05, 0.1) is 72.3 Å². The summed E-state index contributed by atoms with van der Waals surface area (Å²) in [6.07, 6.45) is 4.22. The van der Waals surface area contributed by atoms with Gasteiger partial charge in [-0.3, -0.25) is 9.48 Å². The van der Waals surface area contributed by atoms with Crippen molar-refractivity contribution in [3.05, 3.63) is 53.0 Å². The van der Waals surface area contributed by atoms with Gasteiger partial charge < -0.3 is 23.5 Å². The molecule has 0 radical (unpaired) electrons. The number of methoxy groups -OCH3 is 1. The Morgan fingerprint density at radius 3 is 2.37 bits per heavy atom. The zero-order chi connectivity index (χ0) is 36.5. The molecule has 5 rings (SSSR count). The number of aromatic nitrogens is 6. The summed E-state index contributed by atoms with van der Waals surface area (Å²) in [5.74, 6) is 2.20. The Morgan fingerprint density at radius 1 is 1.06 bits per heavy atom. The lowest BCUT2D eigenvalue weighted by Gasteiger charge is -2.32. The number of aryl methyl sites for hydroxylation is 2. The van der Waals surface area contributed by atoms with Crippen LogP contribution >= 0.6 is 28.4 Å². The molecule has 1 unspecified atom stereocenters. The fourth-order valence-corrected chi connectivity index (χ4v) is 6.55. The van der Waals surface area contributed by atoms with E-state index in [-0.39, 0.29) is 12.5 Å². The van der Waals surface area contributed by atoms with E-state index in [1.165, 1.54) is 7.11 Å². The maximum Gasteiger partial charge on any atom is 0.487 e. The van der Waals surface area contributed by atoms with Gasteiger partial charge in [-0.1, -0.05) is 39.7 Å². The minimum Gasteiger partial charge on any atom is -0.475 e. The van der Waals surface area contributed by atoms with Crippen LogP contribution in [0.1, 0.15) is 78.0 Å². The van der Waals surface area contributed by atoms with E-state index < -0.39 is 18.3 Å². The third-order valence-corrected chi connectivity index (χ3v) is 10.3. The lowest BCUT2D eigenvalue weighted by molar-refractivity contribution is -0.141. The molecule has 4 heterocycles. The zero-order valence-electron chi connectivity index (χ0n) is 30.9. The van der Waals surface area contributed by atoms with Gasteiger partial charge in [-0.25, -0.2) is 9.13 Å². The number of carbonyl (C=O) groups excluding carboxylic acids is 1. The van der Waals surface area contributed by atoms with Crippen LogP contribution in [-0.2, 0) is 43.8 Å². The molecule has 268 valence electrons. The third-order valence-electron chi connectivity index (χ3n) is 8.44. The van der Waals surface area contributed by atoms with E-state index in [4.69, 9.17) is 28.6 Å². The Morgan fingerprint density at radius 2 is 1.73 bits per heavy atom. The quantitative estimate of drug-likeness (QED) is 0.0472. The Bertz CT molecular complexity index is 1720. The lowest BCUT2D eigenvalue weighted by Crippen LogP contribution is -2.41. The molecule has 1 fully saturated rings. The highest BCUT2D eigenvalue weighted by molar-refractivity contribution is 14.2. The van der Waals surface area contributed by atoms with Crippen LogP contribution in [0.25, 0.3) is 28.1 Å². The first-order valence-electron chi connectivity index (χ1n) is 16.6. The number of ether oxygens (including phenoxy) is 3. The molecule has 1 aromatic carbocycles. The topological polar surface area (TPSA) is 117 Å². The second-order valence-corrected chi connectivity index (χ2v) is 13.9. The predicted molar refractivity (Wildman–Crippen MR) is 206 cm³/mol. The number of hydrogen-bond acceptors (Lipinski definition) is 9. The number of nitrogens with zero attached hydrogens (tertiary/aromatic N) is 6. The number of fused-ring (bicyclic) bond motifs is 1. The molecule has 0 spiro atoms. The molecule has 0 aliphatic carbocycles. The first-order chi connectivity index (χ1) is 23.3. The second-order valence-electron chi connectivity index (χ2n) is 11.9. The van der Waals surface area contributed by atoms with Crippen LogP contribution < -0.4 is 4.74 Å². The molecule has 1 atom stereocenters. The summed E-state index contributed by atoms with van der Waals surface area (Å²) < 4.78 is 34.6. The molecule has 0 amide bonds. The van der Waals surface area contributed by atoms with Gasteiger partial charge in [-0.05, 0) is 92.9 Å². The van der Waals surface area contributed by atoms with E-state index in [1.807, 2.05) is 92.8 Å². The molecule has 49 heavy (non-hydrogen) atoms. The van der Waals surface area contributed by atoms with Gasteiger partial charge in [-0.2, -0.15) is 15.3 Å². The summed E-state index contributed by atoms with van der Waals surface area (Å²) in [6.45, 7) is 21.0. The van der Waals surface area contributed by atoms with Crippen LogP contribution in [0.2, 0.25) is 0 Å². The van der Waals surface area contributed by atoms with Crippen molar-refractivity contribution in [1.82, 2.24) is 29.1 Å². The van der Waals surface area contributed by atoms with Crippen LogP contribution in [0.5, 0.6) is 5.88 Å². The maximum atomic E-state index is 11.8. The van der Waals surface area contributed by atoms with Crippen molar-refractivity contribution in [2.24, 2.45) is 7.05 Å². The molecule has 0 N–H and O–H groups in total. The van der Waals surface area contributed by atoms with Gasteiger partial charge in [0.15, 0.2) is 0 Å². The first-order valence-corrected chi connectivity index (χ1v) is 20.7. The summed E-state index contributed by atoms with van der Waals surface area (Å²) in [6, 6.07) is 6.26. The third kappa shape index (κ3) is 9.32. The lowest BCUT2D eigenvalue weighted by atomic mass is 9.89. The van der Waals surface area contributed by atoms with Crippen molar-refractivity contribution < 1.29 is 28.3 Å². The van der Waals surface area contributed by atoms with Crippen LogP contribution in [-0.4, -0.2) is 73.7 Å². The SMILES string of the molecule is CC.CC.COC(=O)Cn1nc(C)c(C)c1COCCOc1c(-c2ccc3c(c2)c(/C=C/B2OC(C)(C)C(C)(C)O2)nn3PI)cnn1C. The van der Waals surface area contributed by atoms with Gasteiger partial charge in [0.25, 0.3) is 0 Å². The standard InChI is InChI=1S/C30H39BIN6O6P.2C2H6/c1-19-20(2)34-37(17-27(39)40-8)26(19)18-41-13-14-42-28-23(16-33-36(28)7)21-9-10-25-22(15-21)24(35-38(25)45-32)11-12-31-43-29(3,4)30(5,6)44-31;2*1-2/h9-12,15-16,45H,13-14,17-18H2,1-8H3;2*1-2H3/b12-11+;;. The summed E-state index contributed by atoms with van der Waals surface area (Å²) >= 11 is 2.34. The van der Waals surface area contributed by atoms with E-state index in [2.05, 4.69) is 50.4 Å². The number of hydrogen-bond donors (Lipinski definition) is 0. The largest absolute Gasteiger partial charge is 0.487 e. The molecule has 3 aromatic heterocycles. The fourth-order valence-electron chi connectivity index (χ4n) is 5.01. The van der Waals surface area contributed by atoms with Crippen LogP contribution in [0.3, 0.4) is 0 Å². The minimum absolute atomic E-state index is 0.0380. The van der Waals surface area contributed by atoms with E-state index >= 15 is 0 Å². The zero-order valence-corrected chi connectivity index (χ0v) is 34.0. The summed E-state index contributed by atoms with van der Waals surface area (Å²) in [4.78, 5) is 11.8. The van der Waals surface area contributed by atoms with Gasteiger partial charge in [-0.15, -0.1) is 0 Å². The molecule has 12 nitrogen and oxygen atoms in total. The fraction of sp³-hybridized carbons (Fsp3) is 0.529. The van der Waals surface area contributed by atoms with Crippen molar-refractivity contribution in [3.8, 4) is 17.0 Å². The Kier molecular flexibility index (Phi) is 14.9. The molecular weight excluding hydrogens is 757 g/mol. The number of halogens is 1. The highest BCUT2D eigenvalue weighted by atomic mass is 127. The molecule has 1 saturated heterocycles. The number of esters is 1. The van der Waals surface area contributed by atoms with E-state index in [9.17, 15) is 4.79 Å². The average Bonchev–Trinajstić information content (AvgIpc) is 3.77. The first kappa shape index (κ1) is 40.7. The second kappa shape index (κ2) is 17.9. The predicted octanol–water partition coefficient (Wildman–Crippen LogP) is 7.51. The number of benzene rings is 1.